The van der Waals surface area contributed by atoms with E-state index in [-0.39, 0.29) is 11.4 Å². The summed E-state index contributed by atoms with van der Waals surface area (Å²) in [6.07, 6.45) is 1.52. The van der Waals surface area contributed by atoms with Crippen molar-refractivity contribution in [2.75, 3.05) is 13.2 Å². The van der Waals surface area contributed by atoms with E-state index < -0.39 is 22.0 Å². The Kier molecular flexibility index (Phi) is 6.39. The van der Waals surface area contributed by atoms with E-state index in [4.69, 9.17) is 4.74 Å². The summed E-state index contributed by atoms with van der Waals surface area (Å²) in [5.41, 5.74) is 0. The Morgan fingerprint density at radius 2 is 2.00 bits per heavy atom. The molecule has 21 heavy (non-hydrogen) atoms. The van der Waals surface area contributed by atoms with Gasteiger partial charge in [-0.2, -0.15) is 4.72 Å². The molecule has 1 amide bonds. The van der Waals surface area contributed by atoms with Gasteiger partial charge in [-0.15, -0.1) is 6.58 Å². The number of hydrogen-bond acceptors (Lipinski definition) is 4. The average Bonchev–Trinajstić information content (AvgIpc) is 2.45. The molecule has 0 aromatic heterocycles. The number of carbonyl (C=O) groups excluding carboxylic acids is 1. The summed E-state index contributed by atoms with van der Waals surface area (Å²) in [4.78, 5) is 11.7. The first-order chi connectivity index (χ1) is 9.90. The number of nitrogens with one attached hydrogen (secondary N) is 2. The van der Waals surface area contributed by atoms with E-state index in [1.165, 1.54) is 25.1 Å². The second-order valence-corrected chi connectivity index (χ2v) is 6.00. The summed E-state index contributed by atoms with van der Waals surface area (Å²) in [7, 11) is -3.75. The van der Waals surface area contributed by atoms with E-state index in [9.17, 15) is 13.2 Å². The maximum atomic E-state index is 12.1. The first kappa shape index (κ1) is 17.2. The summed E-state index contributed by atoms with van der Waals surface area (Å²) < 4.78 is 31.8. The van der Waals surface area contributed by atoms with Crippen LogP contribution in [-0.2, 0) is 14.8 Å². The third-order valence-corrected chi connectivity index (χ3v) is 4.15. The number of benzene rings is 1. The first-order valence-corrected chi connectivity index (χ1v) is 8.02. The molecule has 0 bridgehead atoms. The van der Waals surface area contributed by atoms with Crippen LogP contribution in [0.2, 0.25) is 0 Å². The second-order valence-electron chi connectivity index (χ2n) is 4.28. The van der Waals surface area contributed by atoms with E-state index in [2.05, 4.69) is 16.6 Å². The molecule has 0 aliphatic heterocycles. The molecule has 0 aliphatic carbocycles. The van der Waals surface area contributed by atoms with Crippen molar-refractivity contribution in [3.05, 3.63) is 36.9 Å². The van der Waals surface area contributed by atoms with Crippen molar-refractivity contribution in [3.8, 4) is 5.75 Å². The molecule has 0 saturated heterocycles. The quantitative estimate of drug-likeness (QED) is 0.703. The highest BCUT2D eigenvalue weighted by Crippen LogP contribution is 2.16. The van der Waals surface area contributed by atoms with Gasteiger partial charge >= 0.3 is 0 Å². The van der Waals surface area contributed by atoms with Crippen molar-refractivity contribution in [3.63, 3.8) is 0 Å². The van der Waals surface area contributed by atoms with Crippen molar-refractivity contribution in [1.82, 2.24) is 10.0 Å². The van der Waals surface area contributed by atoms with Gasteiger partial charge in [0.15, 0.2) is 0 Å². The van der Waals surface area contributed by atoms with Gasteiger partial charge in [0.1, 0.15) is 5.75 Å². The lowest BCUT2D eigenvalue weighted by molar-refractivity contribution is -0.122. The highest BCUT2D eigenvalue weighted by atomic mass is 32.2. The molecular formula is C14H20N2O4S. The highest BCUT2D eigenvalue weighted by Gasteiger charge is 2.21. The predicted molar refractivity (Wildman–Crippen MR) is 80.6 cm³/mol. The van der Waals surface area contributed by atoms with Crippen molar-refractivity contribution < 1.29 is 17.9 Å². The summed E-state index contributed by atoms with van der Waals surface area (Å²) in [6.45, 7) is 7.58. The number of amides is 1. The van der Waals surface area contributed by atoms with E-state index in [0.29, 0.717) is 12.4 Å². The van der Waals surface area contributed by atoms with Crippen molar-refractivity contribution in [1.29, 1.82) is 0 Å². The van der Waals surface area contributed by atoms with Gasteiger partial charge in [-0.05, 0) is 38.1 Å². The Hall–Kier alpha value is -1.86. The molecule has 1 aromatic carbocycles. The molecule has 1 rings (SSSR count). The first-order valence-electron chi connectivity index (χ1n) is 6.54. The zero-order valence-electron chi connectivity index (χ0n) is 12.1. The molecule has 0 unspecified atom stereocenters. The smallest absolute Gasteiger partial charge is 0.241 e. The lowest BCUT2D eigenvalue weighted by Crippen LogP contribution is -2.44. The summed E-state index contributed by atoms with van der Waals surface area (Å²) in [5, 5.41) is 2.53. The Morgan fingerprint density at radius 1 is 1.38 bits per heavy atom. The molecule has 0 heterocycles. The molecule has 0 saturated carbocycles. The Bertz CT molecular complexity index is 581. The lowest BCUT2D eigenvalue weighted by Gasteiger charge is -2.14. The average molecular weight is 312 g/mol. The van der Waals surface area contributed by atoms with Crippen LogP contribution in [0.1, 0.15) is 13.8 Å². The monoisotopic (exact) mass is 312 g/mol. The molecule has 0 spiro atoms. The maximum Gasteiger partial charge on any atom is 0.241 e. The third-order valence-electron chi connectivity index (χ3n) is 2.59. The third kappa shape index (κ3) is 5.20. The SMILES string of the molecule is C=CCNC(=O)[C@@H](C)NS(=O)(=O)c1ccc(OCC)cc1. The van der Waals surface area contributed by atoms with Crippen LogP contribution in [0.25, 0.3) is 0 Å². The molecule has 7 heteroatoms. The summed E-state index contributed by atoms with van der Waals surface area (Å²) in [6, 6.07) is 5.13. The van der Waals surface area contributed by atoms with Crippen LogP contribution in [0.4, 0.5) is 0 Å². The Labute approximate surface area is 125 Å². The molecular weight excluding hydrogens is 292 g/mol. The van der Waals surface area contributed by atoms with E-state index in [1.807, 2.05) is 6.92 Å². The van der Waals surface area contributed by atoms with Crippen LogP contribution in [0, 0.1) is 0 Å². The zero-order chi connectivity index (χ0) is 15.9. The van der Waals surface area contributed by atoms with E-state index in [1.54, 1.807) is 12.1 Å². The molecule has 0 aliphatic rings. The largest absolute Gasteiger partial charge is 0.494 e. The minimum absolute atomic E-state index is 0.0781. The molecule has 116 valence electrons. The van der Waals surface area contributed by atoms with Crippen LogP contribution in [0.3, 0.4) is 0 Å². The fourth-order valence-electron chi connectivity index (χ4n) is 1.56. The fourth-order valence-corrected chi connectivity index (χ4v) is 2.76. The van der Waals surface area contributed by atoms with Crippen LogP contribution in [0.5, 0.6) is 5.75 Å². The van der Waals surface area contributed by atoms with Gasteiger partial charge in [0, 0.05) is 6.54 Å². The van der Waals surface area contributed by atoms with Gasteiger partial charge in [-0.1, -0.05) is 6.08 Å². The van der Waals surface area contributed by atoms with E-state index >= 15 is 0 Å². The normalized spacial score (nSPS) is 12.5. The van der Waals surface area contributed by atoms with Crippen LogP contribution >= 0.6 is 0 Å². The van der Waals surface area contributed by atoms with E-state index in [0.717, 1.165) is 0 Å². The number of hydrogen-bond donors (Lipinski definition) is 2. The number of rotatable bonds is 8. The lowest BCUT2D eigenvalue weighted by atomic mass is 10.3. The minimum Gasteiger partial charge on any atom is -0.494 e. The predicted octanol–water partition coefficient (Wildman–Crippen LogP) is 1.05. The fraction of sp³-hybridized carbons (Fsp3) is 0.357. The molecule has 1 atom stereocenters. The number of sulfonamides is 1. The van der Waals surface area contributed by atoms with Crippen molar-refractivity contribution in [2.24, 2.45) is 0 Å². The molecule has 0 radical (unpaired) electrons. The van der Waals surface area contributed by atoms with Crippen LogP contribution < -0.4 is 14.8 Å². The Morgan fingerprint density at radius 3 is 2.52 bits per heavy atom. The van der Waals surface area contributed by atoms with Crippen molar-refractivity contribution >= 4 is 15.9 Å². The van der Waals surface area contributed by atoms with Gasteiger partial charge in [0.25, 0.3) is 0 Å². The summed E-state index contributed by atoms with van der Waals surface area (Å²) >= 11 is 0. The molecule has 6 nitrogen and oxygen atoms in total. The maximum absolute atomic E-state index is 12.1. The van der Waals surface area contributed by atoms with Gasteiger partial charge in [0.05, 0.1) is 17.5 Å². The van der Waals surface area contributed by atoms with Crippen LogP contribution in [0.15, 0.2) is 41.8 Å². The zero-order valence-corrected chi connectivity index (χ0v) is 12.9. The number of carbonyl (C=O) groups is 1. The molecule has 2 N–H and O–H groups in total. The summed E-state index contributed by atoms with van der Waals surface area (Å²) in [5.74, 6) is 0.178. The molecule has 0 fully saturated rings. The second kappa shape index (κ2) is 7.80. The number of ether oxygens (including phenoxy) is 1. The van der Waals surface area contributed by atoms with Gasteiger partial charge in [0.2, 0.25) is 15.9 Å². The standard InChI is InChI=1S/C14H20N2O4S/c1-4-10-15-14(17)11(3)16-21(18,19)13-8-6-12(7-9-13)20-5-2/h4,6-9,11,16H,1,5,10H2,2-3H3,(H,15,17)/t11-/m1/s1. The Balaban J connectivity index is 2.76. The van der Waals surface area contributed by atoms with Crippen molar-refractivity contribution in [2.45, 2.75) is 24.8 Å². The van der Waals surface area contributed by atoms with Gasteiger partial charge < -0.3 is 10.1 Å². The van der Waals surface area contributed by atoms with Crippen LogP contribution in [-0.4, -0.2) is 33.5 Å². The van der Waals surface area contributed by atoms with Gasteiger partial charge in [-0.25, -0.2) is 8.42 Å². The molecule has 1 aromatic rings. The van der Waals surface area contributed by atoms with Gasteiger partial charge in [-0.3, -0.25) is 4.79 Å². The topological polar surface area (TPSA) is 84.5 Å². The minimum atomic E-state index is -3.75. The highest BCUT2D eigenvalue weighted by molar-refractivity contribution is 7.89.